The third kappa shape index (κ3) is 1.96. The molecule has 1 heterocycles. The number of phenolic OH excluding ortho intramolecular Hbond substituents is 3. The number of benzene rings is 1. The van der Waals surface area contributed by atoms with E-state index in [0.29, 0.717) is 0 Å². The van der Waals surface area contributed by atoms with Gasteiger partial charge in [-0.15, -0.1) is 0 Å². The van der Waals surface area contributed by atoms with Gasteiger partial charge >= 0.3 is 0 Å². The molecular weight excluding hydrogens is 204 g/mol. The number of rotatable bonds is 1. The Morgan fingerprint density at radius 3 is 2.07 bits per heavy atom. The average molecular weight is 214 g/mol. The van der Waals surface area contributed by atoms with Crippen LogP contribution in [-0.4, -0.2) is 28.9 Å². The normalized spacial score (nSPS) is 17.9. The summed E-state index contributed by atoms with van der Waals surface area (Å²) in [7, 11) is 0. The highest BCUT2D eigenvalue weighted by Crippen LogP contribution is 2.39. The van der Waals surface area contributed by atoms with Crippen molar-refractivity contribution in [2.24, 2.45) is 0 Å². The summed E-state index contributed by atoms with van der Waals surface area (Å²) in [6, 6.07) is 2.19. The number of ether oxygens (including phenoxy) is 3. The molecule has 15 heavy (non-hydrogen) atoms. The van der Waals surface area contributed by atoms with Crippen LogP contribution in [0.2, 0.25) is 0 Å². The monoisotopic (exact) mass is 214 g/mol. The number of aromatic hydroxyl groups is 3. The Labute approximate surface area is 85.2 Å². The fraction of sp³-hybridized carbons (Fsp3) is 0.333. The van der Waals surface area contributed by atoms with Crippen LogP contribution in [0, 0.1) is 0 Å². The lowest BCUT2D eigenvalue weighted by Gasteiger charge is -2.24. The lowest BCUT2D eigenvalue weighted by atomic mass is 10.1. The molecule has 0 amide bonds. The van der Waals surface area contributed by atoms with E-state index in [1.807, 2.05) is 0 Å². The Bertz CT molecular complexity index is 335. The zero-order chi connectivity index (χ0) is 10.8. The Kier molecular flexibility index (Phi) is 2.63. The molecule has 0 spiro atoms. The summed E-state index contributed by atoms with van der Waals surface area (Å²) in [5.74, 6) is -0.820. The Hall–Kier alpha value is -1.50. The van der Waals surface area contributed by atoms with Gasteiger partial charge in [0.2, 0.25) is 0 Å². The number of hydrogen-bond donors (Lipinski definition) is 3. The Morgan fingerprint density at radius 1 is 1.00 bits per heavy atom. The molecule has 0 bridgehead atoms. The SMILES string of the molecule is Oc1cc(O)c(C2OCOCO2)c(O)c1. The quantitative estimate of drug-likeness (QED) is 0.640. The number of phenols is 3. The highest BCUT2D eigenvalue weighted by molar-refractivity contribution is 5.49. The Morgan fingerprint density at radius 2 is 1.53 bits per heavy atom. The second-order valence-corrected chi connectivity index (χ2v) is 3.00. The van der Waals surface area contributed by atoms with Crippen LogP contribution >= 0.6 is 0 Å². The first kappa shape index (κ1) is 10.0. The summed E-state index contributed by atoms with van der Waals surface area (Å²) in [4.78, 5) is 0. The summed E-state index contributed by atoms with van der Waals surface area (Å²) >= 11 is 0. The van der Waals surface area contributed by atoms with Crippen LogP contribution in [0.25, 0.3) is 0 Å². The zero-order valence-corrected chi connectivity index (χ0v) is 7.71. The average Bonchev–Trinajstić information content (AvgIpc) is 2.17. The van der Waals surface area contributed by atoms with Gasteiger partial charge in [0.15, 0.2) is 19.9 Å². The number of hydrogen-bond acceptors (Lipinski definition) is 6. The topological polar surface area (TPSA) is 88.4 Å². The summed E-state index contributed by atoms with van der Waals surface area (Å²) in [6.45, 7) is 0.0366. The second-order valence-electron chi connectivity index (χ2n) is 3.00. The van der Waals surface area contributed by atoms with Crippen LogP contribution < -0.4 is 0 Å². The van der Waals surface area contributed by atoms with Crippen LogP contribution in [0.3, 0.4) is 0 Å². The minimum atomic E-state index is -0.889. The molecule has 0 radical (unpaired) electrons. The molecule has 1 aliphatic rings. The molecule has 6 heteroatoms. The van der Waals surface area contributed by atoms with Crippen molar-refractivity contribution in [2.45, 2.75) is 6.29 Å². The molecule has 0 atom stereocenters. The van der Waals surface area contributed by atoms with Gasteiger partial charge in [0.25, 0.3) is 0 Å². The molecule has 6 nitrogen and oxygen atoms in total. The molecule has 1 fully saturated rings. The maximum absolute atomic E-state index is 9.50. The van der Waals surface area contributed by atoms with Crippen molar-refractivity contribution in [3.05, 3.63) is 17.7 Å². The fourth-order valence-corrected chi connectivity index (χ4v) is 1.32. The maximum Gasteiger partial charge on any atom is 0.196 e. The van der Waals surface area contributed by atoms with Gasteiger partial charge in [-0.1, -0.05) is 0 Å². The molecule has 3 N–H and O–H groups in total. The van der Waals surface area contributed by atoms with E-state index < -0.39 is 6.29 Å². The first-order valence-electron chi connectivity index (χ1n) is 4.24. The Balaban J connectivity index is 2.33. The highest BCUT2D eigenvalue weighted by atomic mass is 16.8. The van der Waals surface area contributed by atoms with Crippen molar-refractivity contribution < 1.29 is 29.5 Å². The van der Waals surface area contributed by atoms with E-state index in [0.717, 1.165) is 12.1 Å². The van der Waals surface area contributed by atoms with Crippen LogP contribution in [0.15, 0.2) is 12.1 Å². The lowest BCUT2D eigenvalue weighted by molar-refractivity contribution is -0.304. The first-order chi connectivity index (χ1) is 7.18. The van der Waals surface area contributed by atoms with Gasteiger partial charge in [0, 0.05) is 12.1 Å². The van der Waals surface area contributed by atoms with Gasteiger partial charge in [-0.25, -0.2) is 0 Å². The zero-order valence-electron chi connectivity index (χ0n) is 7.71. The predicted octanol–water partition coefficient (Wildman–Crippen LogP) is 0.780. The van der Waals surface area contributed by atoms with E-state index in [1.54, 1.807) is 0 Å². The van der Waals surface area contributed by atoms with E-state index in [-0.39, 0.29) is 36.4 Å². The van der Waals surface area contributed by atoms with Crippen molar-refractivity contribution >= 4 is 0 Å². The smallest absolute Gasteiger partial charge is 0.196 e. The van der Waals surface area contributed by atoms with Gasteiger partial charge in [0.05, 0.1) is 5.56 Å². The van der Waals surface area contributed by atoms with Gasteiger partial charge < -0.3 is 29.5 Å². The van der Waals surface area contributed by atoms with Gasteiger partial charge in [-0.3, -0.25) is 0 Å². The summed E-state index contributed by atoms with van der Waals surface area (Å²) in [5, 5.41) is 28.1. The molecule has 0 aliphatic carbocycles. The summed E-state index contributed by atoms with van der Waals surface area (Å²) in [5.41, 5.74) is 0.0797. The van der Waals surface area contributed by atoms with Crippen molar-refractivity contribution in [1.29, 1.82) is 0 Å². The van der Waals surface area contributed by atoms with Crippen LogP contribution in [0.4, 0.5) is 0 Å². The predicted molar refractivity (Wildman–Crippen MR) is 47.2 cm³/mol. The van der Waals surface area contributed by atoms with Gasteiger partial charge in [-0.05, 0) is 0 Å². The largest absolute Gasteiger partial charge is 0.508 e. The van der Waals surface area contributed by atoms with Crippen molar-refractivity contribution in [1.82, 2.24) is 0 Å². The fourth-order valence-electron chi connectivity index (χ4n) is 1.32. The molecule has 82 valence electrons. The first-order valence-corrected chi connectivity index (χ1v) is 4.24. The molecule has 1 aromatic carbocycles. The van der Waals surface area contributed by atoms with Gasteiger partial charge in [-0.2, -0.15) is 0 Å². The molecular formula is C9H10O6. The third-order valence-corrected chi connectivity index (χ3v) is 1.96. The maximum atomic E-state index is 9.50. The minimum Gasteiger partial charge on any atom is -0.508 e. The molecule has 0 unspecified atom stereocenters. The minimum absolute atomic E-state index is 0.0183. The third-order valence-electron chi connectivity index (χ3n) is 1.96. The summed E-state index contributed by atoms with van der Waals surface area (Å²) < 4.78 is 14.8. The van der Waals surface area contributed by atoms with Gasteiger partial charge in [0.1, 0.15) is 17.2 Å². The van der Waals surface area contributed by atoms with E-state index >= 15 is 0 Å². The van der Waals surface area contributed by atoms with Crippen molar-refractivity contribution in [3.63, 3.8) is 0 Å². The molecule has 2 rings (SSSR count). The highest BCUT2D eigenvalue weighted by Gasteiger charge is 2.24. The standard InChI is InChI=1S/C9H10O6/c10-5-1-6(11)8(7(12)2-5)9-14-3-13-4-15-9/h1-2,9-12H,3-4H2. The van der Waals surface area contributed by atoms with E-state index in [2.05, 4.69) is 0 Å². The van der Waals surface area contributed by atoms with Crippen molar-refractivity contribution in [3.8, 4) is 17.2 Å². The molecule has 1 aliphatic heterocycles. The van der Waals surface area contributed by atoms with Crippen LogP contribution in [0.5, 0.6) is 17.2 Å². The molecule has 1 aromatic rings. The van der Waals surface area contributed by atoms with E-state index in [9.17, 15) is 10.2 Å². The van der Waals surface area contributed by atoms with E-state index in [1.165, 1.54) is 0 Å². The lowest BCUT2D eigenvalue weighted by Crippen LogP contribution is -2.20. The summed E-state index contributed by atoms with van der Waals surface area (Å²) in [6.07, 6.45) is -0.889. The van der Waals surface area contributed by atoms with E-state index in [4.69, 9.17) is 19.3 Å². The molecule has 0 saturated carbocycles. The van der Waals surface area contributed by atoms with Crippen molar-refractivity contribution in [2.75, 3.05) is 13.6 Å². The van der Waals surface area contributed by atoms with Crippen LogP contribution in [-0.2, 0) is 14.2 Å². The molecule has 1 saturated heterocycles. The second kappa shape index (κ2) is 3.93. The van der Waals surface area contributed by atoms with Crippen LogP contribution in [0.1, 0.15) is 11.9 Å². The molecule has 0 aromatic heterocycles.